The third-order valence-electron chi connectivity index (χ3n) is 8.37. The average Bonchev–Trinajstić information content (AvgIpc) is 2.99. The van der Waals surface area contributed by atoms with E-state index >= 15 is 0 Å². The van der Waals surface area contributed by atoms with Crippen LogP contribution < -0.4 is 20.0 Å². The third-order valence-corrected chi connectivity index (χ3v) is 8.37. The number of aryl methyl sites for hydroxylation is 1. The summed E-state index contributed by atoms with van der Waals surface area (Å²) in [7, 11) is 3.91. The van der Waals surface area contributed by atoms with Crippen molar-refractivity contribution in [2.45, 2.75) is 25.9 Å². The van der Waals surface area contributed by atoms with Crippen LogP contribution in [0.25, 0.3) is 0 Å². The molecular formula is C31H36N8O2. The highest BCUT2D eigenvalue weighted by atomic mass is 16.2. The lowest BCUT2D eigenvalue weighted by molar-refractivity contribution is -0.114. The average molecular weight is 553 g/mol. The van der Waals surface area contributed by atoms with Crippen molar-refractivity contribution in [3.63, 3.8) is 0 Å². The molecule has 41 heavy (non-hydrogen) atoms. The molecule has 4 heterocycles. The summed E-state index contributed by atoms with van der Waals surface area (Å²) in [6.07, 6.45) is 3.78. The number of nitrogens with one attached hydrogen (secondary N) is 1. The zero-order valence-corrected chi connectivity index (χ0v) is 23.9. The quantitative estimate of drug-likeness (QED) is 0.472. The topological polar surface area (TPSA) is 88.2 Å². The highest BCUT2D eigenvalue weighted by Crippen LogP contribution is 2.42. The Labute approximate surface area is 240 Å². The van der Waals surface area contributed by atoms with Gasteiger partial charge < -0.3 is 24.9 Å². The normalized spacial score (nSPS) is 19.1. The van der Waals surface area contributed by atoms with Gasteiger partial charge in [0.2, 0.25) is 11.9 Å². The summed E-state index contributed by atoms with van der Waals surface area (Å²) in [6.45, 7) is 10.7. The molecule has 0 unspecified atom stereocenters. The molecule has 10 nitrogen and oxygen atoms in total. The number of benzene rings is 2. The lowest BCUT2D eigenvalue weighted by atomic mass is 9.91. The molecule has 1 N–H and O–H groups in total. The van der Waals surface area contributed by atoms with Gasteiger partial charge in [-0.3, -0.25) is 9.69 Å². The zero-order chi connectivity index (χ0) is 28.7. The number of carbonyl (C=O) groups excluding carboxylic acids is 2. The van der Waals surface area contributed by atoms with Crippen molar-refractivity contribution < 1.29 is 9.59 Å². The Morgan fingerprint density at radius 2 is 1.80 bits per heavy atom. The Morgan fingerprint density at radius 3 is 2.54 bits per heavy atom. The zero-order valence-electron chi connectivity index (χ0n) is 23.9. The van der Waals surface area contributed by atoms with Crippen molar-refractivity contribution in [2.75, 3.05) is 66.8 Å². The van der Waals surface area contributed by atoms with Crippen molar-refractivity contribution >= 4 is 40.8 Å². The van der Waals surface area contributed by atoms with Gasteiger partial charge in [-0.15, -0.1) is 0 Å². The van der Waals surface area contributed by atoms with Gasteiger partial charge in [-0.1, -0.05) is 24.8 Å². The van der Waals surface area contributed by atoms with Gasteiger partial charge in [-0.05, 0) is 61.9 Å². The Bertz CT molecular complexity index is 1480. The number of rotatable bonds is 5. The molecule has 0 spiro atoms. The molecule has 3 aromatic rings. The fourth-order valence-corrected chi connectivity index (χ4v) is 6.08. The first-order valence-corrected chi connectivity index (χ1v) is 14.1. The van der Waals surface area contributed by atoms with E-state index in [-0.39, 0.29) is 18.0 Å². The van der Waals surface area contributed by atoms with Crippen LogP contribution >= 0.6 is 0 Å². The molecule has 0 bridgehead atoms. The number of piperazine rings is 1. The summed E-state index contributed by atoms with van der Waals surface area (Å²) in [5, 5.41) is 3.30. The summed E-state index contributed by atoms with van der Waals surface area (Å²) >= 11 is 0. The summed E-state index contributed by atoms with van der Waals surface area (Å²) in [6, 6.07) is 14.0. The van der Waals surface area contributed by atoms with E-state index in [1.165, 1.54) is 11.8 Å². The molecule has 3 amide bonds. The maximum absolute atomic E-state index is 13.7. The van der Waals surface area contributed by atoms with E-state index in [0.717, 1.165) is 54.2 Å². The first kappa shape index (κ1) is 26.8. The van der Waals surface area contributed by atoms with Crippen molar-refractivity contribution in [2.24, 2.45) is 0 Å². The van der Waals surface area contributed by atoms with E-state index < -0.39 is 0 Å². The number of urea groups is 1. The molecule has 10 heteroatoms. The Hall–Kier alpha value is -4.44. The van der Waals surface area contributed by atoms with E-state index in [2.05, 4.69) is 45.9 Å². The number of anilines is 5. The molecule has 3 aliphatic heterocycles. The van der Waals surface area contributed by atoms with Crippen LogP contribution in [-0.2, 0) is 11.3 Å². The summed E-state index contributed by atoms with van der Waals surface area (Å²) < 4.78 is 0. The molecule has 0 aliphatic carbocycles. The summed E-state index contributed by atoms with van der Waals surface area (Å²) in [5.41, 5.74) is 5.80. The van der Waals surface area contributed by atoms with Crippen molar-refractivity contribution in [3.8, 4) is 0 Å². The Balaban J connectivity index is 1.21. The minimum absolute atomic E-state index is 0.125. The first-order valence-electron chi connectivity index (χ1n) is 14.1. The van der Waals surface area contributed by atoms with Crippen LogP contribution in [0, 0.1) is 6.92 Å². The second-order valence-electron chi connectivity index (χ2n) is 11.0. The summed E-state index contributed by atoms with van der Waals surface area (Å²) in [4.78, 5) is 45.6. The molecule has 212 valence electrons. The predicted molar refractivity (Wildman–Crippen MR) is 162 cm³/mol. The second-order valence-corrected chi connectivity index (χ2v) is 11.0. The van der Waals surface area contributed by atoms with Gasteiger partial charge in [0, 0.05) is 62.9 Å². The highest BCUT2D eigenvalue weighted by molar-refractivity contribution is 6.03. The predicted octanol–water partition coefficient (Wildman–Crippen LogP) is 4.32. The lowest BCUT2D eigenvalue weighted by Crippen LogP contribution is -2.49. The molecule has 1 fully saturated rings. The lowest BCUT2D eigenvalue weighted by Gasteiger charge is -2.43. The van der Waals surface area contributed by atoms with Gasteiger partial charge in [0.15, 0.2) is 0 Å². The van der Waals surface area contributed by atoms with Gasteiger partial charge in [-0.25, -0.2) is 9.78 Å². The fourth-order valence-electron chi connectivity index (χ4n) is 6.08. The smallest absolute Gasteiger partial charge is 0.326 e. The van der Waals surface area contributed by atoms with Gasteiger partial charge in [0.25, 0.3) is 0 Å². The Kier molecular flexibility index (Phi) is 7.08. The van der Waals surface area contributed by atoms with Crippen molar-refractivity contribution in [3.05, 3.63) is 78.0 Å². The third kappa shape index (κ3) is 4.99. The van der Waals surface area contributed by atoms with E-state index in [0.29, 0.717) is 31.3 Å². The Morgan fingerprint density at radius 1 is 1.05 bits per heavy atom. The van der Waals surface area contributed by atoms with Gasteiger partial charge >= 0.3 is 6.03 Å². The van der Waals surface area contributed by atoms with Gasteiger partial charge in [0.1, 0.15) is 5.82 Å². The number of hydrogen-bond donors (Lipinski definition) is 1. The maximum Gasteiger partial charge on any atom is 0.326 e. The molecular weight excluding hydrogens is 516 g/mol. The van der Waals surface area contributed by atoms with Crippen LogP contribution in [0.1, 0.15) is 29.2 Å². The summed E-state index contributed by atoms with van der Waals surface area (Å²) in [5.74, 6) is 0.914. The van der Waals surface area contributed by atoms with E-state index in [4.69, 9.17) is 4.98 Å². The highest BCUT2D eigenvalue weighted by Gasteiger charge is 2.39. The molecule has 1 aromatic heterocycles. The number of nitrogens with zero attached hydrogens (tertiary/aromatic N) is 7. The number of hydrogen-bond acceptors (Lipinski definition) is 7. The fraction of sp³-hybridized carbons (Fsp3) is 0.355. The number of fused-ring (bicyclic) bond motifs is 2. The van der Waals surface area contributed by atoms with Gasteiger partial charge in [-0.2, -0.15) is 4.98 Å². The van der Waals surface area contributed by atoms with Crippen LogP contribution in [0.4, 0.5) is 33.6 Å². The molecule has 2 aromatic carbocycles. The van der Waals surface area contributed by atoms with Crippen LogP contribution in [0.2, 0.25) is 0 Å². The van der Waals surface area contributed by atoms with Crippen LogP contribution in [0.5, 0.6) is 0 Å². The second kappa shape index (κ2) is 10.9. The molecule has 6 rings (SSSR count). The molecule has 0 saturated carbocycles. The maximum atomic E-state index is 13.7. The standard InChI is InChI=1S/C31H36N8O2/c1-5-27(40)38-14-13-26(25-8-6-7-21(2)28(25)38)39-20-22-19-32-30(34-29(22)36(4)31(39)41)33-23-9-11-24(12-10-23)37-17-15-35(3)16-18-37/h5-12,19,26H,1,13-18,20H2,2-4H3,(H,32,33,34)/t26-/m1/s1. The molecule has 0 radical (unpaired) electrons. The van der Waals surface area contributed by atoms with E-state index in [1.807, 2.05) is 42.2 Å². The number of para-hydroxylation sites is 1. The monoisotopic (exact) mass is 552 g/mol. The minimum atomic E-state index is -0.168. The number of likely N-dealkylation sites (N-methyl/N-ethyl adjacent to an activating group) is 1. The van der Waals surface area contributed by atoms with Crippen LogP contribution in [-0.4, -0.2) is 78.5 Å². The largest absolute Gasteiger partial charge is 0.369 e. The molecule has 1 saturated heterocycles. The van der Waals surface area contributed by atoms with E-state index in [1.54, 1.807) is 23.0 Å². The van der Waals surface area contributed by atoms with Gasteiger partial charge in [0.05, 0.1) is 18.3 Å². The number of amides is 3. The van der Waals surface area contributed by atoms with E-state index in [9.17, 15) is 9.59 Å². The SMILES string of the molecule is C=CC(=O)N1CC[C@@H](N2Cc3cnc(Nc4ccc(N5CCN(C)CC5)cc4)nc3N(C)C2=O)c2cccc(C)c21. The van der Waals surface area contributed by atoms with Crippen molar-refractivity contribution in [1.29, 1.82) is 0 Å². The van der Waals surface area contributed by atoms with Crippen LogP contribution in [0.3, 0.4) is 0 Å². The van der Waals surface area contributed by atoms with Crippen LogP contribution in [0.15, 0.2) is 61.3 Å². The molecule has 3 aliphatic rings. The van der Waals surface area contributed by atoms with Crippen molar-refractivity contribution in [1.82, 2.24) is 19.8 Å². The first-order chi connectivity index (χ1) is 19.8. The minimum Gasteiger partial charge on any atom is -0.369 e. The number of aromatic nitrogens is 2. The molecule has 1 atom stereocenters. The number of carbonyl (C=O) groups is 2.